The van der Waals surface area contributed by atoms with Crippen LogP contribution in [0.15, 0.2) is 103 Å². The molecule has 0 saturated heterocycles. The van der Waals surface area contributed by atoms with Crippen molar-refractivity contribution in [2.45, 2.75) is 12.7 Å². The van der Waals surface area contributed by atoms with Crippen molar-refractivity contribution in [1.82, 2.24) is 24.8 Å². The number of rotatable bonds is 8. The number of aldehydes is 2. The number of nitrogen functional groups attached to an aromatic ring is 1. The number of carbonyl (C=O) groups excluding carboxylic acids is 2. The number of alkyl halides is 1. The number of halogens is 1. The van der Waals surface area contributed by atoms with Crippen LogP contribution in [0.1, 0.15) is 27.7 Å². The second-order valence-electron chi connectivity index (χ2n) is 9.78. The van der Waals surface area contributed by atoms with Gasteiger partial charge in [0.05, 0.1) is 16.8 Å². The molecule has 10 heteroatoms. The van der Waals surface area contributed by atoms with Crippen molar-refractivity contribution in [1.29, 1.82) is 0 Å². The molecule has 1 atom stereocenters. The molecule has 3 aromatic heterocycles. The predicted molar refractivity (Wildman–Crippen MR) is 168 cm³/mol. The smallest absolute Gasteiger partial charge is 0.180 e. The van der Waals surface area contributed by atoms with Crippen LogP contribution in [0.2, 0.25) is 0 Å². The first kappa shape index (κ1) is 29.7. The van der Waals surface area contributed by atoms with Crippen molar-refractivity contribution in [3.63, 3.8) is 0 Å². The Morgan fingerprint density at radius 3 is 2.39 bits per heavy atom. The van der Waals surface area contributed by atoms with Crippen molar-refractivity contribution in [3.05, 3.63) is 120 Å². The Morgan fingerprint density at radius 1 is 0.955 bits per heavy atom. The van der Waals surface area contributed by atoms with Crippen LogP contribution in [-0.2, 0) is 11.3 Å². The van der Waals surface area contributed by atoms with E-state index in [4.69, 9.17) is 20.8 Å². The zero-order valence-electron chi connectivity index (χ0n) is 23.8. The second kappa shape index (κ2) is 13.5. The number of hydrogen-bond acceptors (Lipinski definition) is 8. The molecule has 0 bridgehead atoms. The van der Waals surface area contributed by atoms with E-state index in [2.05, 4.69) is 51.3 Å². The van der Waals surface area contributed by atoms with Gasteiger partial charge >= 0.3 is 0 Å². The predicted octanol–water partition coefficient (Wildman–Crippen LogP) is 5.87. The summed E-state index contributed by atoms with van der Waals surface area (Å²) >= 11 is 0. The summed E-state index contributed by atoms with van der Waals surface area (Å²) in [6.07, 6.45) is 0.499. The minimum absolute atomic E-state index is 0.0399. The van der Waals surface area contributed by atoms with E-state index in [-0.39, 0.29) is 23.2 Å². The number of benzene rings is 3. The SMILES string of the molecule is CNCc1ccc(-n2c(-c3cccnc3N)nc3ccc(-c4ccccc4)nc32)cc1.O=Cc1ccc(C(F)C=O)cc1O. The second-order valence-corrected chi connectivity index (χ2v) is 9.78. The molecule has 220 valence electrons. The molecule has 0 amide bonds. The highest BCUT2D eigenvalue weighted by molar-refractivity contribution is 5.84. The fourth-order valence-corrected chi connectivity index (χ4v) is 4.64. The van der Waals surface area contributed by atoms with Crippen LogP contribution in [0.4, 0.5) is 10.2 Å². The van der Waals surface area contributed by atoms with Crippen molar-refractivity contribution >= 4 is 29.6 Å². The fourth-order valence-electron chi connectivity index (χ4n) is 4.64. The van der Waals surface area contributed by atoms with E-state index in [1.54, 1.807) is 6.20 Å². The highest BCUT2D eigenvalue weighted by atomic mass is 19.1. The van der Waals surface area contributed by atoms with Crippen LogP contribution in [0.25, 0.3) is 39.5 Å². The number of hydrogen-bond donors (Lipinski definition) is 3. The topological polar surface area (TPSA) is 136 Å². The van der Waals surface area contributed by atoms with E-state index in [0.717, 1.165) is 52.1 Å². The monoisotopic (exact) mass is 588 g/mol. The first-order valence-electron chi connectivity index (χ1n) is 13.7. The van der Waals surface area contributed by atoms with E-state index in [9.17, 15) is 14.0 Å². The molecule has 0 aliphatic heterocycles. The Morgan fingerprint density at radius 2 is 1.73 bits per heavy atom. The molecule has 6 aromatic rings. The molecule has 0 spiro atoms. The zero-order chi connectivity index (χ0) is 31.1. The molecule has 0 fully saturated rings. The van der Waals surface area contributed by atoms with E-state index in [0.29, 0.717) is 12.1 Å². The van der Waals surface area contributed by atoms with E-state index >= 15 is 0 Å². The molecule has 4 N–H and O–H groups in total. The van der Waals surface area contributed by atoms with Gasteiger partial charge in [-0.3, -0.25) is 14.2 Å². The number of fused-ring (bicyclic) bond motifs is 1. The fraction of sp³-hybridized carbons (Fsp3) is 0.0882. The summed E-state index contributed by atoms with van der Waals surface area (Å²) in [5, 5.41) is 12.3. The van der Waals surface area contributed by atoms with Crippen molar-refractivity contribution in [2.24, 2.45) is 0 Å². The largest absolute Gasteiger partial charge is 0.507 e. The maximum absolute atomic E-state index is 12.7. The number of nitrogens with one attached hydrogen (secondary N) is 1. The van der Waals surface area contributed by atoms with Crippen molar-refractivity contribution in [3.8, 4) is 34.1 Å². The van der Waals surface area contributed by atoms with Gasteiger partial charge in [-0.15, -0.1) is 0 Å². The number of nitrogens with two attached hydrogens (primary N) is 1. The van der Waals surface area contributed by atoms with Crippen LogP contribution in [-0.4, -0.2) is 44.2 Å². The number of imidazole rings is 1. The number of anilines is 1. The molecule has 0 saturated carbocycles. The lowest BCUT2D eigenvalue weighted by Crippen LogP contribution is -2.06. The van der Waals surface area contributed by atoms with Gasteiger partial charge in [-0.25, -0.2) is 19.3 Å². The quantitative estimate of drug-likeness (QED) is 0.188. The number of phenolic OH excluding ortho intramolecular Hbond substituents is 1. The van der Waals surface area contributed by atoms with Gasteiger partial charge in [-0.2, -0.15) is 0 Å². The number of aromatic nitrogens is 4. The summed E-state index contributed by atoms with van der Waals surface area (Å²) in [6, 6.07) is 29.9. The van der Waals surface area contributed by atoms with Gasteiger partial charge in [-0.1, -0.05) is 48.5 Å². The lowest BCUT2D eigenvalue weighted by atomic mass is 10.1. The molecule has 0 aliphatic rings. The summed E-state index contributed by atoms with van der Waals surface area (Å²) in [4.78, 5) is 34.4. The van der Waals surface area contributed by atoms with Crippen LogP contribution in [0.5, 0.6) is 5.75 Å². The lowest BCUT2D eigenvalue weighted by Gasteiger charge is -2.11. The van der Waals surface area contributed by atoms with Gasteiger partial charge in [0, 0.05) is 24.0 Å². The van der Waals surface area contributed by atoms with Gasteiger partial charge in [0.2, 0.25) is 0 Å². The third kappa shape index (κ3) is 6.35. The van der Waals surface area contributed by atoms with Gasteiger partial charge in [0.25, 0.3) is 0 Å². The zero-order valence-corrected chi connectivity index (χ0v) is 23.8. The normalized spacial score (nSPS) is 11.4. The summed E-state index contributed by atoms with van der Waals surface area (Å²) in [5.41, 5.74) is 12.8. The number of aromatic hydroxyl groups is 1. The highest BCUT2D eigenvalue weighted by Gasteiger charge is 2.18. The summed E-state index contributed by atoms with van der Waals surface area (Å²) in [5.74, 6) is 0.839. The van der Waals surface area contributed by atoms with Crippen LogP contribution in [0, 0.1) is 0 Å². The molecular formula is C34H29FN6O3. The summed E-state index contributed by atoms with van der Waals surface area (Å²) in [7, 11) is 1.94. The average Bonchev–Trinajstić information content (AvgIpc) is 3.44. The molecule has 3 heterocycles. The lowest BCUT2D eigenvalue weighted by molar-refractivity contribution is -0.112. The van der Waals surface area contributed by atoms with E-state index < -0.39 is 6.17 Å². The molecule has 6 rings (SSSR count). The first-order valence-corrected chi connectivity index (χ1v) is 13.7. The molecule has 44 heavy (non-hydrogen) atoms. The average molecular weight is 589 g/mol. The minimum Gasteiger partial charge on any atom is -0.507 e. The minimum atomic E-state index is -1.76. The summed E-state index contributed by atoms with van der Waals surface area (Å²) < 4.78 is 14.8. The van der Waals surface area contributed by atoms with Crippen LogP contribution < -0.4 is 11.1 Å². The Labute approximate surface area is 252 Å². The van der Waals surface area contributed by atoms with Crippen molar-refractivity contribution < 1.29 is 19.1 Å². The molecule has 0 aliphatic carbocycles. The maximum Gasteiger partial charge on any atom is 0.180 e. The van der Waals surface area contributed by atoms with Gasteiger partial charge in [-0.05, 0) is 66.7 Å². The Kier molecular flexibility index (Phi) is 9.12. The van der Waals surface area contributed by atoms with Gasteiger partial charge in [0.15, 0.2) is 30.2 Å². The summed E-state index contributed by atoms with van der Waals surface area (Å²) in [6.45, 7) is 0.809. The Balaban J connectivity index is 0.000000249. The Hall–Kier alpha value is -5.74. The van der Waals surface area contributed by atoms with Crippen LogP contribution >= 0.6 is 0 Å². The third-order valence-corrected chi connectivity index (χ3v) is 6.85. The van der Waals surface area contributed by atoms with Crippen LogP contribution in [0.3, 0.4) is 0 Å². The number of pyridine rings is 2. The molecule has 0 radical (unpaired) electrons. The third-order valence-electron chi connectivity index (χ3n) is 6.85. The number of carbonyl (C=O) groups is 2. The van der Waals surface area contributed by atoms with Crippen molar-refractivity contribution in [2.75, 3.05) is 12.8 Å². The number of phenols is 1. The van der Waals surface area contributed by atoms with Gasteiger partial charge < -0.3 is 16.2 Å². The van der Waals surface area contributed by atoms with Gasteiger partial charge in [0.1, 0.15) is 17.1 Å². The molecule has 9 nitrogen and oxygen atoms in total. The number of nitrogens with zero attached hydrogens (tertiary/aromatic N) is 4. The van der Waals surface area contributed by atoms with E-state index in [1.165, 1.54) is 17.7 Å². The van der Waals surface area contributed by atoms with E-state index in [1.807, 2.05) is 49.5 Å². The Bertz CT molecular complexity index is 1910. The molecule has 3 aromatic carbocycles. The standard InChI is InChI=1S/C25H22N6.C9H7FO3/c1-27-16-17-9-11-19(12-10-17)31-24(20-8-5-15-28-23(20)26)30-22-14-13-21(29-25(22)31)18-6-3-2-4-7-18;10-8(5-12)6-1-2-7(4-11)9(13)3-6/h2-15,27H,16H2,1H3,(H2,26,28);1-5,8,13H. The molecular weight excluding hydrogens is 559 g/mol. The highest BCUT2D eigenvalue weighted by Crippen LogP contribution is 2.31. The maximum atomic E-state index is 12.7. The first-order chi connectivity index (χ1) is 21.4. The molecule has 1 unspecified atom stereocenters.